The molecule has 5 heteroatoms. The summed E-state index contributed by atoms with van der Waals surface area (Å²) in [5.41, 5.74) is 0. The molecule has 0 spiro atoms. The summed E-state index contributed by atoms with van der Waals surface area (Å²) in [6.07, 6.45) is 4.21. The molecule has 4 nitrogen and oxygen atoms in total. The lowest BCUT2D eigenvalue weighted by Gasteiger charge is -2.23. The fraction of sp³-hybridized carbons (Fsp3) is 0.667. The summed E-state index contributed by atoms with van der Waals surface area (Å²) in [5, 5.41) is 0.956. The Morgan fingerprint density at radius 1 is 1.29 bits per heavy atom. The van der Waals surface area contributed by atoms with Gasteiger partial charge in [-0.15, -0.1) is 0 Å². The Labute approximate surface area is 112 Å². The Bertz CT molecular complexity index is 330. The quantitative estimate of drug-likeness (QED) is 0.725. The lowest BCUT2D eigenvalue weighted by Crippen LogP contribution is -2.28. The number of halogens is 1. The fourth-order valence-electron chi connectivity index (χ4n) is 1.52. The van der Waals surface area contributed by atoms with E-state index in [-0.39, 0.29) is 0 Å². The van der Waals surface area contributed by atoms with E-state index in [1.54, 1.807) is 0 Å². The van der Waals surface area contributed by atoms with Crippen molar-refractivity contribution < 1.29 is 0 Å². The van der Waals surface area contributed by atoms with E-state index in [0.717, 1.165) is 30.2 Å². The molecule has 0 N–H and O–H groups in total. The van der Waals surface area contributed by atoms with Gasteiger partial charge in [0.25, 0.3) is 0 Å². The lowest BCUT2D eigenvalue weighted by molar-refractivity contribution is 0.725. The minimum Gasteiger partial charge on any atom is -0.356 e. The Hall–Kier alpha value is -0.840. The van der Waals surface area contributed by atoms with Crippen LogP contribution in [0.15, 0.2) is 12.3 Å². The van der Waals surface area contributed by atoms with Gasteiger partial charge < -0.3 is 9.80 Å². The maximum Gasteiger partial charge on any atom is 0.226 e. The predicted molar refractivity (Wildman–Crippen MR) is 77.3 cm³/mol. The molecule has 96 valence electrons. The minimum atomic E-state index is 0.763. The van der Waals surface area contributed by atoms with E-state index in [4.69, 9.17) is 0 Å². The number of hydrogen-bond donors (Lipinski definition) is 0. The molecule has 1 rings (SSSR count). The van der Waals surface area contributed by atoms with E-state index >= 15 is 0 Å². The van der Waals surface area contributed by atoms with Gasteiger partial charge in [-0.3, -0.25) is 0 Å². The zero-order valence-electron chi connectivity index (χ0n) is 10.9. The summed E-state index contributed by atoms with van der Waals surface area (Å²) < 4.78 is 0. The highest BCUT2D eigenvalue weighted by Gasteiger charge is 2.08. The monoisotopic (exact) mass is 300 g/mol. The van der Waals surface area contributed by atoms with Crippen molar-refractivity contribution in [1.29, 1.82) is 0 Å². The van der Waals surface area contributed by atoms with E-state index in [9.17, 15) is 0 Å². The molecule has 0 aromatic carbocycles. The zero-order chi connectivity index (χ0) is 12.7. The van der Waals surface area contributed by atoms with Crippen molar-refractivity contribution >= 4 is 27.7 Å². The number of unbranched alkanes of at least 4 members (excludes halogenated alkanes) is 1. The van der Waals surface area contributed by atoms with Gasteiger partial charge in [-0.25, -0.2) is 4.98 Å². The number of alkyl halides is 1. The van der Waals surface area contributed by atoms with E-state index in [2.05, 4.69) is 37.7 Å². The Morgan fingerprint density at radius 2 is 2.06 bits per heavy atom. The van der Waals surface area contributed by atoms with Crippen molar-refractivity contribution in [3.8, 4) is 0 Å². The van der Waals surface area contributed by atoms with Crippen LogP contribution in [0, 0.1) is 0 Å². The molecule has 0 atom stereocenters. The molecule has 17 heavy (non-hydrogen) atoms. The van der Waals surface area contributed by atoms with Crippen LogP contribution in [0.3, 0.4) is 0 Å². The lowest BCUT2D eigenvalue weighted by atomic mass is 10.3. The van der Waals surface area contributed by atoms with Gasteiger partial charge in [0.2, 0.25) is 5.95 Å². The van der Waals surface area contributed by atoms with Gasteiger partial charge >= 0.3 is 0 Å². The van der Waals surface area contributed by atoms with Gasteiger partial charge in [-0.2, -0.15) is 4.98 Å². The summed E-state index contributed by atoms with van der Waals surface area (Å²) in [5.74, 6) is 1.77. The second kappa shape index (κ2) is 7.48. The van der Waals surface area contributed by atoms with Crippen molar-refractivity contribution in [3.05, 3.63) is 12.3 Å². The Morgan fingerprint density at radius 3 is 2.65 bits per heavy atom. The number of anilines is 2. The van der Waals surface area contributed by atoms with Crippen molar-refractivity contribution in [1.82, 2.24) is 9.97 Å². The highest BCUT2D eigenvalue weighted by molar-refractivity contribution is 9.09. The van der Waals surface area contributed by atoms with Crippen molar-refractivity contribution in [2.45, 2.75) is 19.8 Å². The smallest absolute Gasteiger partial charge is 0.226 e. The summed E-state index contributed by atoms with van der Waals surface area (Å²) in [4.78, 5) is 13.0. The molecule has 0 aliphatic carbocycles. The van der Waals surface area contributed by atoms with E-state index in [1.165, 1.54) is 12.8 Å². The van der Waals surface area contributed by atoms with Crippen LogP contribution in [0.5, 0.6) is 0 Å². The molecule has 0 fully saturated rings. The van der Waals surface area contributed by atoms with Crippen LogP contribution in [0.2, 0.25) is 0 Å². The number of aromatic nitrogens is 2. The first-order chi connectivity index (χ1) is 8.19. The third-order valence-electron chi connectivity index (χ3n) is 2.49. The summed E-state index contributed by atoms with van der Waals surface area (Å²) in [7, 11) is 3.92. The van der Waals surface area contributed by atoms with Gasteiger partial charge in [0.1, 0.15) is 5.82 Å². The molecule has 0 saturated heterocycles. The number of hydrogen-bond acceptors (Lipinski definition) is 4. The maximum atomic E-state index is 4.56. The zero-order valence-corrected chi connectivity index (χ0v) is 12.4. The topological polar surface area (TPSA) is 32.3 Å². The molecular formula is C12H21BrN4. The molecule has 0 saturated carbocycles. The summed E-state index contributed by atoms with van der Waals surface area (Å²) in [6.45, 7) is 4.23. The highest BCUT2D eigenvalue weighted by atomic mass is 79.9. The van der Waals surface area contributed by atoms with Crippen molar-refractivity contribution in [3.63, 3.8) is 0 Å². The first kappa shape index (κ1) is 14.2. The van der Waals surface area contributed by atoms with Gasteiger partial charge in [0, 0.05) is 38.7 Å². The Kier molecular flexibility index (Phi) is 6.26. The molecular weight excluding hydrogens is 280 g/mol. The van der Waals surface area contributed by atoms with Crippen LogP contribution in [0.1, 0.15) is 19.8 Å². The van der Waals surface area contributed by atoms with Gasteiger partial charge in [-0.1, -0.05) is 29.3 Å². The SMILES string of the molecule is CCCCN(CCBr)c1ccnc(N(C)C)n1. The largest absolute Gasteiger partial charge is 0.356 e. The van der Waals surface area contributed by atoms with Crippen LogP contribution in [-0.2, 0) is 0 Å². The minimum absolute atomic E-state index is 0.763. The predicted octanol–water partition coefficient (Wildman–Crippen LogP) is 2.54. The molecule has 1 heterocycles. The first-order valence-corrected chi connectivity index (χ1v) is 7.12. The van der Waals surface area contributed by atoms with Crippen LogP contribution in [0.25, 0.3) is 0 Å². The average molecular weight is 301 g/mol. The van der Waals surface area contributed by atoms with Gasteiger partial charge in [0.05, 0.1) is 0 Å². The van der Waals surface area contributed by atoms with Crippen molar-refractivity contribution in [2.24, 2.45) is 0 Å². The number of nitrogens with zero attached hydrogens (tertiary/aromatic N) is 4. The number of rotatable bonds is 7. The molecule has 0 amide bonds. The Balaban J connectivity index is 2.81. The standard InChI is InChI=1S/C12H21BrN4/c1-4-5-9-17(10-7-13)11-6-8-14-12(15-11)16(2)3/h6,8H,4-5,7,9-10H2,1-3H3. The average Bonchev–Trinajstić information content (AvgIpc) is 2.34. The van der Waals surface area contributed by atoms with Gasteiger partial charge in [0.15, 0.2) is 0 Å². The first-order valence-electron chi connectivity index (χ1n) is 6.00. The summed E-state index contributed by atoms with van der Waals surface area (Å²) >= 11 is 3.49. The molecule has 0 unspecified atom stereocenters. The van der Waals surface area contributed by atoms with Crippen LogP contribution in [-0.4, -0.2) is 42.5 Å². The van der Waals surface area contributed by atoms with Gasteiger partial charge in [-0.05, 0) is 12.5 Å². The molecule has 0 aliphatic heterocycles. The van der Waals surface area contributed by atoms with Crippen LogP contribution >= 0.6 is 15.9 Å². The van der Waals surface area contributed by atoms with E-state index < -0.39 is 0 Å². The second-order valence-corrected chi connectivity index (χ2v) is 4.93. The second-order valence-electron chi connectivity index (χ2n) is 4.14. The normalized spacial score (nSPS) is 10.4. The third-order valence-corrected chi connectivity index (χ3v) is 2.84. The van der Waals surface area contributed by atoms with E-state index in [0.29, 0.717) is 0 Å². The van der Waals surface area contributed by atoms with E-state index in [1.807, 2.05) is 31.3 Å². The molecule has 0 aliphatic rings. The molecule has 0 radical (unpaired) electrons. The fourth-order valence-corrected chi connectivity index (χ4v) is 1.95. The maximum absolute atomic E-state index is 4.56. The molecule has 1 aromatic heterocycles. The van der Waals surface area contributed by atoms with Crippen molar-refractivity contribution in [2.75, 3.05) is 42.3 Å². The highest BCUT2D eigenvalue weighted by Crippen LogP contribution is 2.14. The van der Waals surface area contributed by atoms with Crippen LogP contribution < -0.4 is 9.80 Å². The van der Waals surface area contributed by atoms with Crippen LogP contribution in [0.4, 0.5) is 11.8 Å². The third kappa shape index (κ3) is 4.50. The summed E-state index contributed by atoms with van der Waals surface area (Å²) in [6, 6.07) is 1.98. The molecule has 1 aromatic rings. The molecule has 0 bridgehead atoms.